The molecular weight excluding hydrogens is 230 g/mol. The van der Waals surface area contributed by atoms with E-state index in [1.54, 1.807) is 0 Å². The van der Waals surface area contributed by atoms with Crippen LogP contribution in [0, 0.1) is 5.92 Å². The van der Waals surface area contributed by atoms with Crippen molar-refractivity contribution >= 4 is 11.9 Å². The summed E-state index contributed by atoms with van der Waals surface area (Å²) < 4.78 is 0. The van der Waals surface area contributed by atoms with Gasteiger partial charge in [0.15, 0.2) is 0 Å². The minimum absolute atomic E-state index is 0.218. The molecule has 1 aliphatic rings. The lowest BCUT2D eigenvalue weighted by atomic mass is 10.0. The normalized spacial score (nSPS) is 20.8. The van der Waals surface area contributed by atoms with Gasteiger partial charge in [-0.25, -0.2) is 4.79 Å². The summed E-state index contributed by atoms with van der Waals surface area (Å²) in [4.78, 5) is 25.3. The van der Waals surface area contributed by atoms with Gasteiger partial charge in [0, 0.05) is 12.6 Å². The van der Waals surface area contributed by atoms with Gasteiger partial charge in [-0.1, -0.05) is 20.3 Å². The maximum atomic E-state index is 11.7. The van der Waals surface area contributed by atoms with Crippen LogP contribution in [0.15, 0.2) is 0 Å². The lowest BCUT2D eigenvalue weighted by Gasteiger charge is -2.32. The summed E-state index contributed by atoms with van der Waals surface area (Å²) in [5, 5.41) is 5.04. The number of urea groups is 1. The first-order chi connectivity index (χ1) is 8.49. The molecule has 0 aromatic heterocycles. The second kappa shape index (κ2) is 7.36. The summed E-state index contributed by atoms with van der Waals surface area (Å²) in [5.41, 5.74) is 0. The zero-order valence-electron chi connectivity index (χ0n) is 11.7. The molecule has 0 radical (unpaired) electrons. The van der Waals surface area contributed by atoms with Gasteiger partial charge in [-0.2, -0.15) is 0 Å². The van der Waals surface area contributed by atoms with Gasteiger partial charge >= 0.3 is 6.03 Å². The first-order valence-electron chi connectivity index (χ1n) is 6.80. The van der Waals surface area contributed by atoms with E-state index < -0.39 is 6.03 Å². The number of imide groups is 1. The van der Waals surface area contributed by atoms with Crippen LogP contribution in [-0.4, -0.2) is 42.5 Å². The molecule has 1 unspecified atom stereocenters. The number of nitrogens with one attached hydrogen (secondary N) is 2. The van der Waals surface area contributed by atoms with Crippen molar-refractivity contribution in [2.45, 2.75) is 46.1 Å². The van der Waals surface area contributed by atoms with Crippen molar-refractivity contribution in [3.63, 3.8) is 0 Å². The van der Waals surface area contributed by atoms with Crippen molar-refractivity contribution < 1.29 is 9.59 Å². The van der Waals surface area contributed by atoms with Gasteiger partial charge in [-0.05, 0) is 32.2 Å². The Labute approximate surface area is 109 Å². The van der Waals surface area contributed by atoms with Crippen LogP contribution in [0.5, 0.6) is 0 Å². The molecule has 1 aliphatic heterocycles. The van der Waals surface area contributed by atoms with Gasteiger partial charge in [0.2, 0.25) is 5.91 Å². The SMILES string of the molecule is CC(C)CNC(=O)NC(=O)CN1CCCCC1C. The Hall–Kier alpha value is -1.10. The van der Waals surface area contributed by atoms with Crippen molar-refractivity contribution in [1.82, 2.24) is 15.5 Å². The van der Waals surface area contributed by atoms with Crippen LogP contribution < -0.4 is 10.6 Å². The lowest BCUT2D eigenvalue weighted by molar-refractivity contribution is -0.122. The number of hydrogen-bond acceptors (Lipinski definition) is 3. The number of carbonyl (C=O) groups is 2. The summed E-state index contributed by atoms with van der Waals surface area (Å²) in [6, 6.07) is 0.0431. The summed E-state index contributed by atoms with van der Waals surface area (Å²) in [7, 11) is 0. The molecule has 0 saturated carbocycles. The second-order valence-electron chi connectivity index (χ2n) is 5.47. The van der Waals surface area contributed by atoms with Crippen LogP contribution in [0.4, 0.5) is 4.79 Å². The maximum Gasteiger partial charge on any atom is 0.321 e. The molecule has 5 heteroatoms. The van der Waals surface area contributed by atoms with E-state index in [9.17, 15) is 9.59 Å². The Morgan fingerprint density at radius 2 is 2.06 bits per heavy atom. The smallest absolute Gasteiger partial charge is 0.321 e. The van der Waals surface area contributed by atoms with E-state index in [0.29, 0.717) is 25.0 Å². The van der Waals surface area contributed by atoms with Crippen molar-refractivity contribution in [2.24, 2.45) is 5.92 Å². The summed E-state index contributed by atoms with van der Waals surface area (Å²) in [6.45, 7) is 8.00. The zero-order chi connectivity index (χ0) is 13.5. The summed E-state index contributed by atoms with van der Waals surface area (Å²) in [5.74, 6) is 0.165. The number of piperidine rings is 1. The Balaban J connectivity index is 2.25. The highest BCUT2D eigenvalue weighted by atomic mass is 16.2. The molecular formula is C13H25N3O2. The number of nitrogens with zero attached hydrogens (tertiary/aromatic N) is 1. The fraction of sp³-hybridized carbons (Fsp3) is 0.846. The average Bonchev–Trinajstić information content (AvgIpc) is 2.29. The predicted molar refractivity (Wildman–Crippen MR) is 71.3 cm³/mol. The van der Waals surface area contributed by atoms with Crippen LogP contribution in [0.3, 0.4) is 0 Å². The van der Waals surface area contributed by atoms with E-state index in [2.05, 4.69) is 22.5 Å². The highest BCUT2D eigenvalue weighted by Crippen LogP contribution is 2.15. The van der Waals surface area contributed by atoms with Crippen molar-refractivity contribution in [2.75, 3.05) is 19.6 Å². The van der Waals surface area contributed by atoms with Crippen molar-refractivity contribution in [3.05, 3.63) is 0 Å². The van der Waals surface area contributed by atoms with Gasteiger partial charge in [0.25, 0.3) is 0 Å². The van der Waals surface area contributed by atoms with E-state index in [1.807, 2.05) is 13.8 Å². The van der Waals surface area contributed by atoms with E-state index >= 15 is 0 Å². The molecule has 5 nitrogen and oxygen atoms in total. The van der Waals surface area contributed by atoms with E-state index in [-0.39, 0.29) is 5.91 Å². The van der Waals surface area contributed by atoms with Gasteiger partial charge in [-0.15, -0.1) is 0 Å². The van der Waals surface area contributed by atoms with Crippen LogP contribution in [0.2, 0.25) is 0 Å². The molecule has 0 spiro atoms. The highest BCUT2D eigenvalue weighted by Gasteiger charge is 2.21. The number of amides is 3. The standard InChI is InChI=1S/C13H25N3O2/c1-10(2)8-14-13(18)15-12(17)9-16-7-5-4-6-11(16)3/h10-11H,4-9H2,1-3H3,(H2,14,15,17,18). The molecule has 2 N–H and O–H groups in total. The lowest BCUT2D eigenvalue weighted by Crippen LogP contribution is -2.48. The number of likely N-dealkylation sites (tertiary alicyclic amines) is 1. The van der Waals surface area contributed by atoms with Gasteiger partial charge in [0.1, 0.15) is 0 Å². The Morgan fingerprint density at radius 3 is 2.67 bits per heavy atom. The third-order valence-corrected chi connectivity index (χ3v) is 3.21. The molecule has 1 fully saturated rings. The molecule has 1 rings (SSSR count). The minimum Gasteiger partial charge on any atom is -0.338 e. The number of carbonyl (C=O) groups excluding carboxylic acids is 2. The molecule has 0 aromatic rings. The third-order valence-electron chi connectivity index (χ3n) is 3.21. The number of rotatable bonds is 4. The fourth-order valence-corrected chi connectivity index (χ4v) is 2.08. The van der Waals surface area contributed by atoms with Gasteiger partial charge in [-0.3, -0.25) is 15.0 Å². The topological polar surface area (TPSA) is 61.4 Å². The average molecular weight is 255 g/mol. The minimum atomic E-state index is -0.390. The molecule has 3 amide bonds. The van der Waals surface area contributed by atoms with Crippen molar-refractivity contribution in [3.8, 4) is 0 Å². The predicted octanol–water partition coefficient (Wildman–Crippen LogP) is 1.34. The molecule has 1 heterocycles. The Kier molecular flexibility index (Phi) is 6.12. The van der Waals surface area contributed by atoms with Crippen LogP contribution in [0.25, 0.3) is 0 Å². The molecule has 0 aliphatic carbocycles. The first kappa shape index (κ1) is 15.0. The van der Waals surface area contributed by atoms with Crippen LogP contribution in [0.1, 0.15) is 40.0 Å². The largest absolute Gasteiger partial charge is 0.338 e. The molecule has 0 aromatic carbocycles. The van der Waals surface area contributed by atoms with E-state index in [1.165, 1.54) is 6.42 Å². The van der Waals surface area contributed by atoms with Crippen LogP contribution in [-0.2, 0) is 4.79 Å². The monoisotopic (exact) mass is 255 g/mol. The molecule has 0 bridgehead atoms. The molecule has 1 atom stereocenters. The quantitative estimate of drug-likeness (QED) is 0.797. The van der Waals surface area contributed by atoms with Gasteiger partial charge < -0.3 is 5.32 Å². The zero-order valence-corrected chi connectivity index (χ0v) is 11.7. The summed E-state index contributed by atoms with van der Waals surface area (Å²) >= 11 is 0. The molecule has 18 heavy (non-hydrogen) atoms. The first-order valence-corrected chi connectivity index (χ1v) is 6.80. The van der Waals surface area contributed by atoms with Crippen LogP contribution >= 0.6 is 0 Å². The fourth-order valence-electron chi connectivity index (χ4n) is 2.08. The van der Waals surface area contributed by atoms with E-state index in [0.717, 1.165) is 19.4 Å². The number of hydrogen-bond donors (Lipinski definition) is 2. The second-order valence-corrected chi connectivity index (χ2v) is 5.47. The van der Waals surface area contributed by atoms with Crippen molar-refractivity contribution in [1.29, 1.82) is 0 Å². The third kappa shape index (κ3) is 5.49. The molecule has 104 valence electrons. The van der Waals surface area contributed by atoms with E-state index in [4.69, 9.17) is 0 Å². The van der Waals surface area contributed by atoms with Gasteiger partial charge in [0.05, 0.1) is 6.54 Å². The molecule has 1 saturated heterocycles. The Morgan fingerprint density at radius 1 is 1.33 bits per heavy atom. The summed E-state index contributed by atoms with van der Waals surface area (Å²) in [6.07, 6.45) is 3.50. The maximum absolute atomic E-state index is 11.7. The highest BCUT2D eigenvalue weighted by molar-refractivity contribution is 5.95. The Bertz CT molecular complexity index is 292.